The Hall–Kier alpha value is -3.84. The molecule has 0 amide bonds. The highest BCUT2D eigenvalue weighted by Gasteiger charge is 2.20. The van der Waals surface area contributed by atoms with Crippen molar-refractivity contribution in [1.29, 1.82) is 0 Å². The fourth-order valence-electron chi connectivity index (χ4n) is 3.79. The molecule has 0 spiro atoms. The van der Waals surface area contributed by atoms with Crippen molar-refractivity contribution >= 4 is 47.6 Å². The van der Waals surface area contributed by atoms with Crippen molar-refractivity contribution in [1.82, 2.24) is 19.9 Å². The average Bonchev–Trinajstić information content (AvgIpc) is 2.93. The maximum Gasteiger partial charge on any atom is 0.320 e. The number of nitrogens with zero attached hydrogens (tertiary/aromatic N) is 7. The number of halogens is 2. The average molecular weight is 573 g/mol. The van der Waals surface area contributed by atoms with Crippen LogP contribution in [0.1, 0.15) is 13.8 Å². The van der Waals surface area contributed by atoms with Gasteiger partial charge in [-0.15, -0.1) is 0 Å². The van der Waals surface area contributed by atoms with Crippen LogP contribution < -0.4 is 15.1 Å². The minimum atomic E-state index is -0.748. The second-order valence-corrected chi connectivity index (χ2v) is 9.57. The van der Waals surface area contributed by atoms with Crippen LogP contribution >= 0.6 is 11.8 Å². The third-order valence-electron chi connectivity index (χ3n) is 5.74. The molecular formula is C27H34F2N8O2S. The number of thioether (sulfide) groups is 1. The lowest BCUT2D eigenvalue weighted by Gasteiger charge is -2.34. The highest BCUT2D eigenvalue weighted by Crippen LogP contribution is 2.30. The maximum absolute atomic E-state index is 14.2. The van der Waals surface area contributed by atoms with Crippen LogP contribution in [0.15, 0.2) is 70.6 Å². The number of rotatable bonds is 13. The molecule has 0 atom stereocenters. The Morgan fingerprint density at radius 3 is 2.73 bits per heavy atom. The van der Waals surface area contributed by atoms with Crippen LogP contribution in [-0.4, -0.2) is 84.8 Å². The smallest absolute Gasteiger partial charge is 0.320 e. The van der Waals surface area contributed by atoms with E-state index in [1.54, 1.807) is 33.0 Å². The lowest BCUT2D eigenvalue weighted by atomic mass is 10.3. The van der Waals surface area contributed by atoms with E-state index < -0.39 is 11.7 Å². The Labute approximate surface area is 237 Å². The SMILES string of the molecule is C=Nc1ccc(N(C)/C=C(F)/C=C(F)\C=C/C)nc1SCNc1cc(N2CCN(CC(=O)OCC)CC2)ncn1. The first-order valence-electron chi connectivity index (χ1n) is 12.7. The molecule has 3 rings (SSSR count). The largest absolute Gasteiger partial charge is 0.465 e. The number of piperazine rings is 1. The number of aromatic nitrogens is 3. The number of pyridine rings is 1. The first-order chi connectivity index (χ1) is 19.3. The topological polar surface area (TPSA) is 99.1 Å². The molecule has 1 aliphatic rings. The summed E-state index contributed by atoms with van der Waals surface area (Å²) in [5.41, 5.74) is 0.580. The van der Waals surface area contributed by atoms with Crippen LogP contribution in [0, 0.1) is 0 Å². The summed E-state index contributed by atoms with van der Waals surface area (Å²) >= 11 is 1.38. The van der Waals surface area contributed by atoms with Gasteiger partial charge in [0.1, 0.15) is 40.5 Å². The Kier molecular flexibility index (Phi) is 12.0. The minimum Gasteiger partial charge on any atom is -0.465 e. The van der Waals surface area contributed by atoms with E-state index in [2.05, 4.69) is 41.8 Å². The van der Waals surface area contributed by atoms with Gasteiger partial charge in [0.2, 0.25) is 0 Å². The molecule has 0 radical (unpaired) electrons. The zero-order valence-electron chi connectivity index (χ0n) is 22.9. The zero-order chi connectivity index (χ0) is 28.9. The van der Waals surface area contributed by atoms with Crippen LogP contribution in [0.3, 0.4) is 0 Å². The number of carbonyl (C=O) groups excluding carboxylic acids is 1. The lowest BCUT2D eigenvalue weighted by molar-refractivity contribution is -0.144. The van der Waals surface area contributed by atoms with E-state index in [0.717, 1.165) is 44.3 Å². The standard InChI is InChI=1S/C27H34F2N8O2S/c1-5-7-20(28)14-21(29)16-35(4)24-9-8-22(30-3)27(34-24)40-19-33-23-15-25(32-18-31-23)37-12-10-36(11-13-37)17-26(38)39-6-2/h5,7-9,14-16,18H,3,6,10-13,17,19H2,1-2,4H3,(H,31,32,33)/b7-5-,20-14+,21-16-. The van der Waals surface area contributed by atoms with Crippen molar-refractivity contribution < 1.29 is 18.3 Å². The molecule has 13 heteroatoms. The second kappa shape index (κ2) is 15.7. The quantitative estimate of drug-likeness (QED) is 0.119. The molecule has 40 heavy (non-hydrogen) atoms. The highest BCUT2D eigenvalue weighted by atomic mass is 32.2. The molecule has 1 fully saturated rings. The molecular weight excluding hydrogens is 538 g/mol. The molecule has 0 aliphatic carbocycles. The first kappa shape index (κ1) is 30.7. The van der Waals surface area contributed by atoms with Gasteiger partial charge in [0.05, 0.1) is 24.7 Å². The Morgan fingerprint density at radius 2 is 2.02 bits per heavy atom. The Morgan fingerprint density at radius 1 is 1.25 bits per heavy atom. The van der Waals surface area contributed by atoms with E-state index in [1.807, 2.05) is 6.07 Å². The number of carbonyl (C=O) groups is 1. The van der Waals surface area contributed by atoms with Crippen LogP contribution in [0.25, 0.3) is 0 Å². The van der Waals surface area contributed by atoms with Crippen LogP contribution in [0.5, 0.6) is 0 Å². The summed E-state index contributed by atoms with van der Waals surface area (Å²) in [6, 6.07) is 5.29. The third-order valence-corrected chi connectivity index (χ3v) is 6.61. The number of esters is 1. The van der Waals surface area contributed by atoms with Crippen LogP contribution in [0.2, 0.25) is 0 Å². The zero-order valence-corrected chi connectivity index (χ0v) is 23.7. The molecule has 3 heterocycles. The number of aliphatic imine (C=N–C) groups is 1. The Bertz CT molecular complexity index is 1250. The van der Waals surface area contributed by atoms with E-state index in [1.165, 1.54) is 35.1 Å². The highest BCUT2D eigenvalue weighted by molar-refractivity contribution is 7.99. The molecule has 1 N–H and O–H groups in total. The molecule has 10 nitrogen and oxygen atoms in total. The molecule has 2 aromatic heterocycles. The summed E-state index contributed by atoms with van der Waals surface area (Å²) in [6.45, 7) is 10.7. The fraction of sp³-hybridized carbons (Fsp3) is 0.370. The number of anilines is 3. The van der Waals surface area contributed by atoms with Gasteiger partial charge in [0.25, 0.3) is 0 Å². The fourth-order valence-corrected chi connectivity index (χ4v) is 4.59. The number of nitrogens with one attached hydrogen (secondary N) is 1. The van der Waals surface area contributed by atoms with E-state index in [0.29, 0.717) is 41.4 Å². The number of allylic oxidation sites excluding steroid dienone is 5. The van der Waals surface area contributed by atoms with Crippen molar-refractivity contribution in [3.63, 3.8) is 0 Å². The van der Waals surface area contributed by atoms with Crippen molar-refractivity contribution in [3.8, 4) is 0 Å². The summed E-state index contributed by atoms with van der Waals surface area (Å²) in [4.78, 5) is 34.7. The van der Waals surface area contributed by atoms with Gasteiger partial charge in [-0.1, -0.05) is 17.8 Å². The van der Waals surface area contributed by atoms with Gasteiger partial charge in [-0.2, -0.15) is 0 Å². The minimum absolute atomic E-state index is 0.209. The lowest BCUT2D eigenvalue weighted by Crippen LogP contribution is -2.48. The molecule has 2 aromatic rings. The van der Waals surface area contributed by atoms with Gasteiger partial charge in [-0.25, -0.2) is 23.7 Å². The van der Waals surface area contributed by atoms with Gasteiger partial charge in [0.15, 0.2) is 0 Å². The molecule has 0 unspecified atom stereocenters. The summed E-state index contributed by atoms with van der Waals surface area (Å²) in [6.07, 6.45) is 6.12. The summed E-state index contributed by atoms with van der Waals surface area (Å²) in [5.74, 6) is 0.677. The van der Waals surface area contributed by atoms with E-state index >= 15 is 0 Å². The number of ether oxygens (including phenoxy) is 1. The normalized spacial score (nSPS) is 14.9. The van der Waals surface area contributed by atoms with Crippen LogP contribution in [0.4, 0.5) is 31.9 Å². The molecule has 0 bridgehead atoms. The first-order valence-corrected chi connectivity index (χ1v) is 13.7. The number of hydrogen-bond acceptors (Lipinski definition) is 11. The van der Waals surface area contributed by atoms with E-state index in [-0.39, 0.29) is 5.97 Å². The van der Waals surface area contributed by atoms with Gasteiger partial charge in [-0.3, -0.25) is 14.7 Å². The van der Waals surface area contributed by atoms with Gasteiger partial charge >= 0.3 is 5.97 Å². The van der Waals surface area contributed by atoms with Crippen molar-refractivity contribution in [2.45, 2.75) is 18.9 Å². The number of hydrogen-bond donors (Lipinski definition) is 1. The summed E-state index contributed by atoms with van der Waals surface area (Å²) in [5, 5.41) is 3.84. The van der Waals surface area contributed by atoms with Crippen molar-refractivity contribution in [3.05, 3.63) is 60.6 Å². The van der Waals surface area contributed by atoms with E-state index in [9.17, 15) is 13.6 Å². The van der Waals surface area contributed by atoms with Crippen molar-refractivity contribution in [2.24, 2.45) is 4.99 Å². The summed E-state index contributed by atoms with van der Waals surface area (Å²) < 4.78 is 32.8. The molecule has 1 saturated heterocycles. The molecule has 214 valence electrons. The van der Waals surface area contributed by atoms with Gasteiger partial charge in [-0.05, 0) is 38.8 Å². The van der Waals surface area contributed by atoms with Crippen LogP contribution in [-0.2, 0) is 9.53 Å². The monoisotopic (exact) mass is 572 g/mol. The molecule has 0 aromatic carbocycles. The molecule has 1 aliphatic heterocycles. The van der Waals surface area contributed by atoms with E-state index in [4.69, 9.17) is 4.74 Å². The third kappa shape index (κ3) is 9.42. The van der Waals surface area contributed by atoms with Crippen molar-refractivity contribution in [2.75, 3.05) is 67.4 Å². The second-order valence-electron chi connectivity index (χ2n) is 8.60. The van der Waals surface area contributed by atoms with Gasteiger partial charge in [0, 0.05) is 51.6 Å². The predicted molar refractivity (Wildman–Crippen MR) is 157 cm³/mol. The predicted octanol–water partition coefficient (Wildman–Crippen LogP) is 4.73. The van der Waals surface area contributed by atoms with Gasteiger partial charge < -0.3 is 19.9 Å². The Balaban J connectivity index is 1.59. The molecule has 0 saturated carbocycles. The summed E-state index contributed by atoms with van der Waals surface area (Å²) in [7, 11) is 1.62. The maximum atomic E-state index is 14.2.